The standard InChI is InChI=1S/C18H24BrNO3/c1-12(2)5-6-20(14-3-4-14)18(21)10-13-9-16-17(11-15(13)19)23-8-7-22-16/h9,11-12,14H,3-8,10H2,1-2H3. The summed E-state index contributed by atoms with van der Waals surface area (Å²) in [6, 6.07) is 4.30. The Morgan fingerprint density at radius 2 is 1.91 bits per heavy atom. The molecule has 2 aliphatic rings. The first-order chi connectivity index (χ1) is 11.0. The SMILES string of the molecule is CC(C)CCN(C(=O)Cc1cc2c(cc1Br)OCCO2)C1CC1. The van der Waals surface area contributed by atoms with Gasteiger partial charge in [0.15, 0.2) is 11.5 Å². The summed E-state index contributed by atoms with van der Waals surface area (Å²) < 4.78 is 12.1. The Kier molecular flexibility index (Phi) is 5.14. The van der Waals surface area contributed by atoms with E-state index < -0.39 is 0 Å². The molecule has 1 aliphatic heterocycles. The van der Waals surface area contributed by atoms with Crippen LogP contribution in [0.4, 0.5) is 0 Å². The van der Waals surface area contributed by atoms with E-state index in [-0.39, 0.29) is 5.91 Å². The smallest absolute Gasteiger partial charge is 0.227 e. The van der Waals surface area contributed by atoms with Crippen molar-refractivity contribution < 1.29 is 14.3 Å². The maximum Gasteiger partial charge on any atom is 0.227 e. The van der Waals surface area contributed by atoms with Crippen molar-refractivity contribution in [1.29, 1.82) is 0 Å². The van der Waals surface area contributed by atoms with E-state index in [1.54, 1.807) is 0 Å². The minimum atomic E-state index is 0.213. The summed E-state index contributed by atoms with van der Waals surface area (Å²) in [7, 11) is 0. The lowest BCUT2D eigenvalue weighted by Gasteiger charge is -2.24. The summed E-state index contributed by atoms with van der Waals surface area (Å²) >= 11 is 3.56. The predicted molar refractivity (Wildman–Crippen MR) is 93.0 cm³/mol. The molecule has 1 saturated carbocycles. The van der Waals surface area contributed by atoms with Gasteiger partial charge < -0.3 is 14.4 Å². The van der Waals surface area contributed by atoms with E-state index in [1.807, 2.05) is 12.1 Å². The van der Waals surface area contributed by atoms with E-state index in [4.69, 9.17) is 9.47 Å². The number of halogens is 1. The summed E-state index contributed by atoms with van der Waals surface area (Å²) in [6.07, 6.45) is 3.76. The molecule has 23 heavy (non-hydrogen) atoms. The van der Waals surface area contributed by atoms with E-state index in [1.165, 1.54) is 0 Å². The van der Waals surface area contributed by atoms with E-state index >= 15 is 0 Å². The Balaban J connectivity index is 1.70. The minimum Gasteiger partial charge on any atom is -0.486 e. The molecular weight excluding hydrogens is 358 g/mol. The van der Waals surface area contributed by atoms with Gasteiger partial charge in [-0.1, -0.05) is 29.8 Å². The summed E-state index contributed by atoms with van der Waals surface area (Å²) in [5, 5.41) is 0. The molecule has 0 N–H and O–H groups in total. The quantitative estimate of drug-likeness (QED) is 0.751. The van der Waals surface area contributed by atoms with Gasteiger partial charge in [0.25, 0.3) is 0 Å². The summed E-state index contributed by atoms with van der Waals surface area (Å²) in [4.78, 5) is 14.8. The number of benzene rings is 1. The zero-order chi connectivity index (χ0) is 16.4. The number of ether oxygens (including phenoxy) is 2. The summed E-state index contributed by atoms with van der Waals surface area (Å²) in [6.45, 7) is 6.40. The minimum absolute atomic E-state index is 0.213. The van der Waals surface area contributed by atoms with Gasteiger partial charge in [0.2, 0.25) is 5.91 Å². The Labute approximate surface area is 146 Å². The second-order valence-electron chi connectivity index (χ2n) is 6.76. The molecule has 1 heterocycles. The van der Waals surface area contributed by atoms with Crippen molar-refractivity contribution in [2.45, 2.75) is 45.6 Å². The average Bonchev–Trinajstić information content (AvgIpc) is 3.32. The van der Waals surface area contributed by atoms with Gasteiger partial charge in [-0.3, -0.25) is 4.79 Å². The highest BCUT2D eigenvalue weighted by Gasteiger charge is 2.32. The van der Waals surface area contributed by atoms with Crippen molar-refractivity contribution in [3.63, 3.8) is 0 Å². The van der Waals surface area contributed by atoms with Crippen LogP contribution in [0.5, 0.6) is 11.5 Å². The summed E-state index contributed by atoms with van der Waals surface area (Å²) in [5.74, 6) is 2.32. The number of nitrogens with zero attached hydrogens (tertiary/aromatic N) is 1. The second kappa shape index (κ2) is 7.12. The number of rotatable bonds is 6. The fourth-order valence-corrected chi connectivity index (χ4v) is 3.26. The number of hydrogen-bond donors (Lipinski definition) is 0. The van der Waals surface area contributed by atoms with Crippen molar-refractivity contribution in [1.82, 2.24) is 4.90 Å². The zero-order valence-electron chi connectivity index (χ0n) is 13.8. The fourth-order valence-electron chi connectivity index (χ4n) is 2.80. The molecule has 0 aromatic heterocycles. The third-order valence-corrected chi connectivity index (χ3v) is 5.05. The van der Waals surface area contributed by atoms with E-state index in [0.717, 1.165) is 47.3 Å². The molecular formula is C18H24BrNO3. The van der Waals surface area contributed by atoms with Gasteiger partial charge >= 0.3 is 0 Å². The zero-order valence-corrected chi connectivity index (χ0v) is 15.4. The van der Waals surface area contributed by atoms with Gasteiger partial charge in [0, 0.05) is 17.1 Å². The van der Waals surface area contributed by atoms with Crippen LogP contribution in [0, 0.1) is 5.92 Å². The maximum atomic E-state index is 12.8. The molecule has 0 saturated heterocycles. The van der Waals surface area contributed by atoms with Crippen LogP contribution in [0.25, 0.3) is 0 Å². The topological polar surface area (TPSA) is 38.8 Å². The van der Waals surface area contributed by atoms with Crippen molar-refractivity contribution >= 4 is 21.8 Å². The number of carbonyl (C=O) groups excluding carboxylic acids is 1. The van der Waals surface area contributed by atoms with Crippen molar-refractivity contribution in [3.8, 4) is 11.5 Å². The molecule has 0 atom stereocenters. The molecule has 0 unspecified atom stereocenters. The van der Waals surface area contributed by atoms with Gasteiger partial charge in [0.1, 0.15) is 13.2 Å². The molecule has 0 radical (unpaired) electrons. The van der Waals surface area contributed by atoms with Crippen molar-refractivity contribution in [2.75, 3.05) is 19.8 Å². The highest BCUT2D eigenvalue weighted by Crippen LogP contribution is 2.36. The van der Waals surface area contributed by atoms with E-state index in [9.17, 15) is 4.79 Å². The van der Waals surface area contributed by atoms with Crippen LogP contribution in [-0.2, 0) is 11.2 Å². The molecule has 1 fully saturated rings. The summed E-state index contributed by atoms with van der Waals surface area (Å²) in [5.41, 5.74) is 0.967. The van der Waals surface area contributed by atoms with Crippen LogP contribution in [0.1, 0.15) is 38.7 Å². The molecule has 1 aromatic rings. The Morgan fingerprint density at radius 1 is 1.26 bits per heavy atom. The molecule has 1 aliphatic carbocycles. The van der Waals surface area contributed by atoms with Crippen LogP contribution in [0.15, 0.2) is 16.6 Å². The third kappa shape index (κ3) is 4.19. The van der Waals surface area contributed by atoms with Crippen LogP contribution in [0.3, 0.4) is 0 Å². The maximum absolute atomic E-state index is 12.8. The molecule has 4 nitrogen and oxygen atoms in total. The molecule has 3 rings (SSSR count). The van der Waals surface area contributed by atoms with Gasteiger partial charge in [0.05, 0.1) is 6.42 Å². The van der Waals surface area contributed by atoms with Crippen LogP contribution in [-0.4, -0.2) is 36.6 Å². The number of amides is 1. The molecule has 5 heteroatoms. The van der Waals surface area contributed by atoms with Crippen molar-refractivity contribution in [2.24, 2.45) is 5.92 Å². The number of hydrogen-bond acceptors (Lipinski definition) is 3. The largest absolute Gasteiger partial charge is 0.486 e. The molecule has 1 amide bonds. The average molecular weight is 382 g/mol. The normalized spacial score (nSPS) is 16.5. The van der Waals surface area contributed by atoms with Gasteiger partial charge in [-0.15, -0.1) is 0 Å². The first-order valence-corrected chi connectivity index (χ1v) is 9.21. The lowest BCUT2D eigenvalue weighted by molar-refractivity contribution is -0.131. The molecule has 0 bridgehead atoms. The predicted octanol–water partition coefficient (Wildman–Crippen LogP) is 3.80. The van der Waals surface area contributed by atoms with Crippen molar-refractivity contribution in [3.05, 3.63) is 22.2 Å². The van der Waals surface area contributed by atoms with Gasteiger partial charge in [-0.2, -0.15) is 0 Å². The lowest BCUT2D eigenvalue weighted by Crippen LogP contribution is -2.35. The van der Waals surface area contributed by atoms with Crippen LogP contribution < -0.4 is 9.47 Å². The Morgan fingerprint density at radius 3 is 2.52 bits per heavy atom. The van der Waals surface area contributed by atoms with Gasteiger partial charge in [-0.25, -0.2) is 0 Å². The number of fused-ring (bicyclic) bond motifs is 1. The fraction of sp³-hybridized carbons (Fsp3) is 0.611. The third-order valence-electron chi connectivity index (χ3n) is 4.31. The van der Waals surface area contributed by atoms with Gasteiger partial charge in [-0.05, 0) is 42.9 Å². The highest BCUT2D eigenvalue weighted by molar-refractivity contribution is 9.10. The monoisotopic (exact) mass is 381 g/mol. The first-order valence-electron chi connectivity index (χ1n) is 8.42. The Hall–Kier alpha value is -1.23. The van der Waals surface area contributed by atoms with Crippen LogP contribution in [0.2, 0.25) is 0 Å². The Bertz CT molecular complexity index is 584. The first kappa shape index (κ1) is 16.6. The molecule has 1 aromatic carbocycles. The number of carbonyl (C=O) groups is 1. The molecule has 126 valence electrons. The molecule has 0 spiro atoms. The lowest BCUT2D eigenvalue weighted by atomic mass is 10.1. The highest BCUT2D eigenvalue weighted by atomic mass is 79.9. The second-order valence-corrected chi connectivity index (χ2v) is 7.62. The van der Waals surface area contributed by atoms with E-state index in [0.29, 0.717) is 31.6 Å². The van der Waals surface area contributed by atoms with E-state index in [2.05, 4.69) is 34.7 Å². The van der Waals surface area contributed by atoms with Crippen LogP contribution >= 0.6 is 15.9 Å².